The van der Waals surface area contributed by atoms with Crippen LogP contribution in [-0.4, -0.2) is 21.7 Å². The van der Waals surface area contributed by atoms with Crippen LogP contribution in [0.25, 0.3) is 22.3 Å². The second-order valence-corrected chi connectivity index (χ2v) is 5.20. The minimum absolute atomic E-state index is 0.140. The minimum Gasteiger partial charge on any atom is -0.396 e. The fourth-order valence-corrected chi connectivity index (χ4v) is 2.82. The van der Waals surface area contributed by atoms with E-state index < -0.39 is 0 Å². The van der Waals surface area contributed by atoms with Gasteiger partial charge in [0.2, 0.25) is 0 Å². The van der Waals surface area contributed by atoms with Crippen LogP contribution in [0.1, 0.15) is 11.1 Å². The maximum Gasteiger partial charge on any atom is 0.0995 e. The smallest absolute Gasteiger partial charge is 0.0995 e. The number of aliphatic hydroxyl groups excluding tert-OH is 1. The first-order chi connectivity index (χ1) is 9.29. The van der Waals surface area contributed by atoms with Crippen molar-refractivity contribution < 1.29 is 5.11 Å². The number of thiazole rings is 1. The molecule has 0 unspecified atom stereocenters. The fraction of sp³-hybridized carbons (Fsp3) is 0.200. The number of aryl methyl sites for hydroxylation is 1. The summed E-state index contributed by atoms with van der Waals surface area (Å²) in [6, 6.07) is 8.18. The molecule has 0 aliphatic heterocycles. The highest BCUT2D eigenvalue weighted by Gasteiger charge is 2.09. The molecule has 0 fully saturated rings. The Morgan fingerprint density at radius 2 is 2.16 bits per heavy atom. The first-order valence-corrected chi connectivity index (χ1v) is 7.12. The van der Waals surface area contributed by atoms with Crippen LogP contribution in [-0.2, 0) is 6.42 Å². The van der Waals surface area contributed by atoms with Crippen molar-refractivity contribution in [2.45, 2.75) is 13.3 Å². The summed E-state index contributed by atoms with van der Waals surface area (Å²) in [7, 11) is 0. The average molecular weight is 270 g/mol. The molecule has 0 aliphatic carbocycles. The lowest BCUT2D eigenvalue weighted by Crippen LogP contribution is -1.96. The minimum atomic E-state index is 0.140. The number of hydrogen-bond acceptors (Lipinski definition) is 4. The Labute approximate surface area is 115 Å². The van der Waals surface area contributed by atoms with Crippen LogP contribution in [0.15, 0.2) is 35.2 Å². The Bertz CT molecular complexity index is 707. The van der Waals surface area contributed by atoms with Crippen molar-refractivity contribution in [2.75, 3.05) is 6.61 Å². The van der Waals surface area contributed by atoms with Crippen LogP contribution in [0.5, 0.6) is 0 Å². The van der Waals surface area contributed by atoms with Gasteiger partial charge in [-0.2, -0.15) is 0 Å². The van der Waals surface area contributed by atoms with Gasteiger partial charge in [0.1, 0.15) is 0 Å². The first-order valence-electron chi connectivity index (χ1n) is 6.18. The van der Waals surface area contributed by atoms with Crippen LogP contribution in [0.2, 0.25) is 0 Å². The lowest BCUT2D eigenvalue weighted by atomic mass is 10.0. The molecule has 96 valence electrons. The predicted octanol–water partition coefficient (Wildman–Crippen LogP) is 3.20. The van der Waals surface area contributed by atoms with E-state index in [1.807, 2.05) is 23.0 Å². The molecule has 19 heavy (non-hydrogen) atoms. The summed E-state index contributed by atoms with van der Waals surface area (Å²) in [5.74, 6) is 0. The van der Waals surface area contributed by atoms with Crippen molar-refractivity contribution in [3.8, 4) is 11.4 Å². The monoisotopic (exact) mass is 270 g/mol. The molecule has 2 heterocycles. The maximum absolute atomic E-state index is 9.16. The number of aliphatic hydroxyl groups is 1. The van der Waals surface area contributed by atoms with Crippen molar-refractivity contribution in [2.24, 2.45) is 0 Å². The molecule has 1 aromatic carbocycles. The number of aromatic nitrogens is 2. The average Bonchev–Trinajstić information content (AvgIpc) is 2.94. The van der Waals surface area contributed by atoms with Crippen LogP contribution in [0.3, 0.4) is 0 Å². The highest BCUT2D eigenvalue weighted by Crippen LogP contribution is 2.26. The first kappa shape index (κ1) is 12.3. The van der Waals surface area contributed by atoms with Gasteiger partial charge >= 0.3 is 0 Å². The van der Waals surface area contributed by atoms with Gasteiger partial charge in [0.05, 0.1) is 22.4 Å². The molecular weight excluding hydrogens is 256 g/mol. The van der Waals surface area contributed by atoms with Gasteiger partial charge in [-0.3, -0.25) is 0 Å². The Balaban J connectivity index is 2.25. The molecule has 3 rings (SSSR count). The van der Waals surface area contributed by atoms with Crippen molar-refractivity contribution in [1.29, 1.82) is 0 Å². The predicted molar refractivity (Wildman–Crippen MR) is 78.4 cm³/mol. The van der Waals surface area contributed by atoms with E-state index in [2.05, 4.69) is 24.0 Å². The summed E-state index contributed by atoms with van der Waals surface area (Å²) in [5, 5.41) is 12.3. The molecule has 0 saturated heterocycles. The third-order valence-corrected chi connectivity index (χ3v) is 3.79. The highest BCUT2D eigenvalue weighted by molar-refractivity contribution is 7.07. The van der Waals surface area contributed by atoms with Gasteiger partial charge in [0.25, 0.3) is 0 Å². The lowest BCUT2D eigenvalue weighted by Gasteiger charge is -2.09. The lowest BCUT2D eigenvalue weighted by molar-refractivity contribution is 0.300. The molecule has 0 bridgehead atoms. The van der Waals surface area contributed by atoms with E-state index in [1.165, 1.54) is 5.56 Å². The molecule has 0 spiro atoms. The van der Waals surface area contributed by atoms with Crippen LogP contribution < -0.4 is 0 Å². The van der Waals surface area contributed by atoms with Gasteiger partial charge in [-0.25, -0.2) is 9.97 Å². The summed E-state index contributed by atoms with van der Waals surface area (Å²) >= 11 is 1.57. The zero-order chi connectivity index (χ0) is 13.2. The van der Waals surface area contributed by atoms with E-state index >= 15 is 0 Å². The van der Waals surface area contributed by atoms with Gasteiger partial charge in [0.15, 0.2) is 0 Å². The van der Waals surface area contributed by atoms with Crippen molar-refractivity contribution in [3.63, 3.8) is 0 Å². The number of fused-ring (bicyclic) bond motifs is 1. The number of nitrogens with zero attached hydrogens (tertiary/aromatic N) is 2. The van der Waals surface area contributed by atoms with E-state index in [9.17, 15) is 0 Å². The van der Waals surface area contributed by atoms with Gasteiger partial charge in [-0.05, 0) is 30.5 Å². The van der Waals surface area contributed by atoms with Crippen LogP contribution in [0.4, 0.5) is 0 Å². The second kappa shape index (κ2) is 5.07. The molecule has 0 saturated carbocycles. The molecule has 1 N–H and O–H groups in total. The molecule has 4 heteroatoms. The quantitative estimate of drug-likeness (QED) is 0.795. The van der Waals surface area contributed by atoms with Gasteiger partial charge in [-0.1, -0.05) is 18.2 Å². The summed E-state index contributed by atoms with van der Waals surface area (Å²) in [4.78, 5) is 9.05. The number of hydrogen-bond donors (Lipinski definition) is 1. The van der Waals surface area contributed by atoms with E-state index in [0.29, 0.717) is 6.42 Å². The van der Waals surface area contributed by atoms with E-state index in [1.54, 1.807) is 11.3 Å². The number of pyridine rings is 1. The SMILES string of the molecule is Cc1cc(-c2cscn2)nc2c(CCO)cccc12. The van der Waals surface area contributed by atoms with Gasteiger partial charge in [0, 0.05) is 17.4 Å². The van der Waals surface area contributed by atoms with Crippen molar-refractivity contribution >= 4 is 22.2 Å². The molecule has 3 nitrogen and oxygen atoms in total. The summed E-state index contributed by atoms with van der Waals surface area (Å²) in [5.41, 5.74) is 6.87. The van der Waals surface area contributed by atoms with E-state index in [4.69, 9.17) is 10.1 Å². The maximum atomic E-state index is 9.16. The molecule has 0 radical (unpaired) electrons. The molecule has 0 amide bonds. The van der Waals surface area contributed by atoms with E-state index in [-0.39, 0.29) is 6.61 Å². The zero-order valence-corrected chi connectivity index (χ0v) is 11.4. The molecule has 2 aromatic heterocycles. The molecule has 3 aromatic rings. The zero-order valence-electron chi connectivity index (χ0n) is 10.6. The van der Waals surface area contributed by atoms with Gasteiger partial charge in [-0.15, -0.1) is 11.3 Å². The topological polar surface area (TPSA) is 46.0 Å². The number of benzene rings is 1. The number of para-hydroxylation sites is 1. The third-order valence-electron chi connectivity index (χ3n) is 3.21. The second-order valence-electron chi connectivity index (χ2n) is 4.48. The van der Waals surface area contributed by atoms with E-state index in [0.717, 1.165) is 27.9 Å². The molecule has 0 aliphatic rings. The Hall–Kier alpha value is -1.78. The summed E-state index contributed by atoms with van der Waals surface area (Å²) < 4.78 is 0. The van der Waals surface area contributed by atoms with Crippen LogP contribution >= 0.6 is 11.3 Å². The van der Waals surface area contributed by atoms with Crippen molar-refractivity contribution in [1.82, 2.24) is 9.97 Å². The number of rotatable bonds is 3. The highest BCUT2D eigenvalue weighted by atomic mass is 32.1. The standard InChI is InChI=1S/C15H14N2OS/c1-10-7-13(14-8-19-9-16-14)17-15-11(5-6-18)3-2-4-12(10)15/h2-4,7-9,18H,5-6H2,1H3. The summed E-state index contributed by atoms with van der Waals surface area (Å²) in [6.07, 6.45) is 0.629. The third kappa shape index (κ3) is 2.25. The Kier molecular flexibility index (Phi) is 3.27. The fourth-order valence-electron chi connectivity index (χ4n) is 2.27. The Morgan fingerprint density at radius 1 is 1.26 bits per heavy atom. The molecular formula is C15H14N2OS. The largest absolute Gasteiger partial charge is 0.396 e. The molecule has 0 atom stereocenters. The summed E-state index contributed by atoms with van der Waals surface area (Å²) in [6.45, 7) is 2.23. The van der Waals surface area contributed by atoms with Crippen LogP contribution in [0, 0.1) is 6.92 Å². The van der Waals surface area contributed by atoms with Gasteiger partial charge < -0.3 is 5.11 Å². The van der Waals surface area contributed by atoms with Crippen molar-refractivity contribution in [3.05, 3.63) is 46.3 Å². The Morgan fingerprint density at radius 3 is 2.89 bits per heavy atom. The normalized spacial score (nSPS) is 11.1.